The van der Waals surface area contributed by atoms with E-state index in [2.05, 4.69) is 15.9 Å². The van der Waals surface area contributed by atoms with Gasteiger partial charge < -0.3 is 5.73 Å². The van der Waals surface area contributed by atoms with Gasteiger partial charge in [-0.1, -0.05) is 22.0 Å². The Morgan fingerprint density at radius 2 is 2.08 bits per heavy atom. The van der Waals surface area contributed by atoms with Crippen LogP contribution in [0.25, 0.3) is 0 Å². The lowest BCUT2D eigenvalue weighted by Gasteiger charge is -2.14. The Morgan fingerprint density at radius 3 is 2.54 bits per heavy atom. The zero-order valence-electron chi connectivity index (χ0n) is 7.15. The molecule has 0 amide bonds. The van der Waals surface area contributed by atoms with Crippen molar-refractivity contribution in [2.75, 3.05) is 6.54 Å². The molecule has 0 fully saturated rings. The average molecular weight is 250 g/mol. The molecule has 0 saturated carbocycles. The second kappa shape index (κ2) is 3.72. The second-order valence-corrected chi connectivity index (χ2v) is 3.73. The molecule has 1 nitrogen and oxygen atoms in total. The minimum Gasteiger partial charge on any atom is -0.325 e. The summed E-state index contributed by atoms with van der Waals surface area (Å²) >= 11 is 3.24. The quantitative estimate of drug-likeness (QED) is 0.858. The molecule has 0 spiro atoms. The fourth-order valence-corrected chi connectivity index (χ4v) is 1.24. The molecule has 0 aliphatic carbocycles. The number of benzene rings is 1. The van der Waals surface area contributed by atoms with E-state index in [1.54, 1.807) is 13.0 Å². The summed E-state index contributed by atoms with van der Waals surface area (Å²) in [6.45, 7) is 1.11. The number of hydrogen-bond donors (Lipinski definition) is 1. The number of rotatable bonds is 2. The van der Waals surface area contributed by atoms with E-state index < -0.39 is 12.5 Å². The summed E-state index contributed by atoms with van der Waals surface area (Å²) < 4.78 is 26.9. The molecule has 2 N–H and O–H groups in total. The number of aryl methyl sites for hydroxylation is 1. The van der Waals surface area contributed by atoms with Gasteiger partial charge in [0, 0.05) is 10.0 Å². The molecule has 0 aliphatic rings. The first-order valence-corrected chi connectivity index (χ1v) is 4.61. The summed E-state index contributed by atoms with van der Waals surface area (Å²) in [6, 6.07) is 4.43. The molecule has 0 bridgehead atoms. The normalized spacial score (nSPS) is 11.8. The maximum absolute atomic E-state index is 13.1. The Hall–Kier alpha value is -0.480. The summed E-state index contributed by atoms with van der Waals surface area (Å²) in [4.78, 5) is 0. The van der Waals surface area contributed by atoms with Crippen molar-refractivity contribution < 1.29 is 8.78 Å². The van der Waals surface area contributed by atoms with E-state index in [1.165, 1.54) is 12.1 Å². The number of hydrogen-bond acceptors (Lipinski definition) is 1. The monoisotopic (exact) mass is 249 g/mol. The molecular weight excluding hydrogens is 240 g/mol. The number of nitrogens with two attached hydrogens (primary N) is 1. The Labute approximate surface area is 84.1 Å². The summed E-state index contributed by atoms with van der Waals surface area (Å²) in [5, 5.41) is 0. The zero-order valence-corrected chi connectivity index (χ0v) is 8.74. The summed E-state index contributed by atoms with van der Waals surface area (Å²) in [5.74, 6) is -2.93. The van der Waals surface area contributed by atoms with Gasteiger partial charge in [-0.05, 0) is 24.6 Å². The Bertz CT molecular complexity index is 312. The van der Waals surface area contributed by atoms with Crippen LogP contribution in [0, 0.1) is 6.92 Å². The van der Waals surface area contributed by atoms with Crippen LogP contribution >= 0.6 is 15.9 Å². The van der Waals surface area contributed by atoms with Crippen LogP contribution in [0.15, 0.2) is 22.7 Å². The summed E-state index contributed by atoms with van der Waals surface area (Å²) in [6.07, 6.45) is 0. The number of halogens is 3. The van der Waals surface area contributed by atoms with E-state index in [9.17, 15) is 8.78 Å². The molecule has 0 radical (unpaired) electrons. The van der Waals surface area contributed by atoms with Crippen LogP contribution in [0.1, 0.15) is 11.1 Å². The van der Waals surface area contributed by atoms with E-state index in [-0.39, 0.29) is 5.56 Å². The number of alkyl halides is 2. The molecule has 0 atom stereocenters. The fraction of sp³-hybridized carbons (Fsp3) is 0.333. The summed E-state index contributed by atoms with van der Waals surface area (Å²) in [5.41, 5.74) is 5.72. The molecule has 1 rings (SSSR count). The van der Waals surface area contributed by atoms with E-state index >= 15 is 0 Å². The van der Waals surface area contributed by atoms with Crippen LogP contribution in [-0.4, -0.2) is 6.54 Å². The van der Waals surface area contributed by atoms with E-state index in [0.29, 0.717) is 0 Å². The Morgan fingerprint density at radius 1 is 1.46 bits per heavy atom. The van der Waals surface area contributed by atoms with Crippen LogP contribution in [0.5, 0.6) is 0 Å². The van der Waals surface area contributed by atoms with Crippen LogP contribution < -0.4 is 5.73 Å². The molecule has 0 aromatic heterocycles. The molecule has 4 heteroatoms. The van der Waals surface area contributed by atoms with E-state index in [1.807, 2.05) is 0 Å². The SMILES string of the molecule is Cc1cc(C(F)(F)CN)ccc1Br. The van der Waals surface area contributed by atoms with Crippen molar-refractivity contribution in [1.82, 2.24) is 0 Å². The van der Waals surface area contributed by atoms with Gasteiger partial charge in [0.2, 0.25) is 0 Å². The Kier molecular flexibility index (Phi) is 3.03. The highest BCUT2D eigenvalue weighted by Crippen LogP contribution is 2.29. The van der Waals surface area contributed by atoms with Gasteiger partial charge in [-0.2, -0.15) is 8.78 Å². The van der Waals surface area contributed by atoms with Crippen molar-refractivity contribution in [2.24, 2.45) is 5.73 Å². The van der Waals surface area contributed by atoms with Crippen molar-refractivity contribution in [1.29, 1.82) is 0 Å². The van der Waals surface area contributed by atoms with Crippen molar-refractivity contribution in [3.63, 3.8) is 0 Å². The van der Waals surface area contributed by atoms with E-state index in [4.69, 9.17) is 5.73 Å². The zero-order chi connectivity index (χ0) is 10.1. The maximum atomic E-state index is 13.1. The van der Waals surface area contributed by atoms with Gasteiger partial charge in [0.25, 0.3) is 5.92 Å². The van der Waals surface area contributed by atoms with Gasteiger partial charge >= 0.3 is 0 Å². The largest absolute Gasteiger partial charge is 0.325 e. The molecule has 0 unspecified atom stereocenters. The maximum Gasteiger partial charge on any atom is 0.285 e. The van der Waals surface area contributed by atoms with Crippen LogP contribution in [0.2, 0.25) is 0 Å². The van der Waals surface area contributed by atoms with Gasteiger partial charge in [-0.3, -0.25) is 0 Å². The third-order valence-corrected chi connectivity index (χ3v) is 2.73. The van der Waals surface area contributed by atoms with Gasteiger partial charge in [0.15, 0.2) is 0 Å². The highest BCUT2D eigenvalue weighted by Gasteiger charge is 2.29. The predicted octanol–water partition coefficient (Wildman–Crippen LogP) is 2.81. The average Bonchev–Trinajstić information content (AvgIpc) is 2.09. The first-order chi connectivity index (χ1) is 5.97. The lowest BCUT2D eigenvalue weighted by Crippen LogP contribution is -2.25. The predicted molar refractivity (Wildman–Crippen MR) is 51.8 cm³/mol. The Balaban J connectivity index is 3.10. The van der Waals surface area contributed by atoms with Gasteiger partial charge in [-0.15, -0.1) is 0 Å². The van der Waals surface area contributed by atoms with Crippen LogP contribution in [-0.2, 0) is 5.92 Å². The standard InChI is InChI=1S/C9H10BrF2N/c1-6-4-7(2-3-8(6)10)9(11,12)5-13/h2-4H,5,13H2,1H3. The van der Waals surface area contributed by atoms with E-state index in [0.717, 1.165) is 10.0 Å². The highest BCUT2D eigenvalue weighted by atomic mass is 79.9. The fourth-order valence-electron chi connectivity index (χ4n) is 0.990. The smallest absolute Gasteiger partial charge is 0.285 e. The minimum atomic E-state index is -2.93. The molecule has 13 heavy (non-hydrogen) atoms. The lowest BCUT2D eigenvalue weighted by molar-refractivity contribution is 0.00588. The lowest BCUT2D eigenvalue weighted by atomic mass is 10.1. The van der Waals surface area contributed by atoms with Crippen molar-refractivity contribution in [3.8, 4) is 0 Å². The molecule has 0 saturated heterocycles. The van der Waals surface area contributed by atoms with Gasteiger partial charge in [-0.25, -0.2) is 0 Å². The summed E-state index contributed by atoms with van der Waals surface area (Å²) in [7, 11) is 0. The molecule has 1 aromatic carbocycles. The third-order valence-electron chi connectivity index (χ3n) is 1.84. The molecule has 1 aromatic rings. The van der Waals surface area contributed by atoms with Crippen molar-refractivity contribution in [2.45, 2.75) is 12.8 Å². The second-order valence-electron chi connectivity index (χ2n) is 2.87. The highest BCUT2D eigenvalue weighted by molar-refractivity contribution is 9.10. The minimum absolute atomic E-state index is 0.0318. The first-order valence-electron chi connectivity index (χ1n) is 3.82. The topological polar surface area (TPSA) is 26.0 Å². The van der Waals surface area contributed by atoms with Gasteiger partial charge in [0.05, 0.1) is 6.54 Å². The molecule has 0 aliphatic heterocycles. The third kappa shape index (κ3) is 2.25. The van der Waals surface area contributed by atoms with Crippen molar-refractivity contribution >= 4 is 15.9 Å². The molecular formula is C9H10BrF2N. The van der Waals surface area contributed by atoms with Gasteiger partial charge in [0.1, 0.15) is 0 Å². The van der Waals surface area contributed by atoms with Crippen LogP contribution in [0.3, 0.4) is 0 Å². The molecule has 0 heterocycles. The van der Waals surface area contributed by atoms with Crippen LogP contribution in [0.4, 0.5) is 8.78 Å². The molecule has 72 valence electrons. The first kappa shape index (κ1) is 10.6. The van der Waals surface area contributed by atoms with Crippen molar-refractivity contribution in [3.05, 3.63) is 33.8 Å².